The zero-order valence-electron chi connectivity index (χ0n) is 12.8. The van der Waals surface area contributed by atoms with Gasteiger partial charge in [0.15, 0.2) is 0 Å². The summed E-state index contributed by atoms with van der Waals surface area (Å²) in [6.07, 6.45) is 2.54. The lowest BCUT2D eigenvalue weighted by molar-refractivity contribution is -0.0385. The van der Waals surface area contributed by atoms with Crippen LogP contribution in [0.15, 0.2) is 6.07 Å². The quantitative estimate of drug-likeness (QED) is 0.871. The number of hydrogen-bond acceptors (Lipinski definition) is 3. The van der Waals surface area contributed by atoms with Crippen molar-refractivity contribution in [3.05, 3.63) is 23.0 Å². The van der Waals surface area contributed by atoms with E-state index in [9.17, 15) is 9.90 Å². The first-order valence-corrected chi connectivity index (χ1v) is 7.81. The number of morpholine rings is 1. The Balaban J connectivity index is 1.83. The summed E-state index contributed by atoms with van der Waals surface area (Å²) in [5.41, 5.74) is 2.66. The van der Waals surface area contributed by atoms with Crippen molar-refractivity contribution in [1.29, 1.82) is 0 Å². The van der Waals surface area contributed by atoms with Crippen molar-refractivity contribution in [3.8, 4) is 0 Å². The van der Waals surface area contributed by atoms with Crippen LogP contribution in [0.2, 0.25) is 0 Å². The Kier molecular flexibility index (Phi) is 4.04. The van der Waals surface area contributed by atoms with Crippen molar-refractivity contribution < 1.29 is 14.6 Å². The first kappa shape index (κ1) is 14.6. The highest BCUT2D eigenvalue weighted by molar-refractivity contribution is 5.94. The minimum absolute atomic E-state index is 0.00763. The molecule has 0 bridgehead atoms. The number of nitrogens with one attached hydrogen (secondary N) is 1. The molecule has 1 amide bonds. The van der Waals surface area contributed by atoms with Gasteiger partial charge in [-0.05, 0) is 38.3 Å². The molecule has 5 nitrogen and oxygen atoms in total. The van der Waals surface area contributed by atoms with Crippen molar-refractivity contribution in [2.24, 2.45) is 5.92 Å². The molecule has 0 spiro atoms. The zero-order valence-corrected chi connectivity index (χ0v) is 12.8. The Morgan fingerprint density at radius 3 is 2.86 bits per heavy atom. The van der Waals surface area contributed by atoms with Gasteiger partial charge < -0.3 is 19.7 Å². The summed E-state index contributed by atoms with van der Waals surface area (Å²) in [7, 11) is 0. The van der Waals surface area contributed by atoms with Crippen LogP contribution in [0.5, 0.6) is 0 Å². The Morgan fingerprint density at radius 1 is 1.43 bits per heavy atom. The van der Waals surface area contributed by atoms with Crippen LogP contribution in [0, 0.1) is 19.8 Å². The molecule has 2 fully saturated rings. The van der Waals surface area contributed by atoms with E-state index in [1.54, 1.807) is 0 Å². The summed E-state index contributed by atoms with van der Waals surface area (Å²) in [5.74, 6) is 0.179. The molecule has 1 aliphatic heterocycles. The lowest BCUT2D eigenvalue weighted by atomic mass is 9.94. The van der Waals surface area contributed by atoms with E-state index in [1.807, 2.05) is 24.8 Å². The fourth-order valence-corrected chi connectivity index (χ4v) is 3.74. The summed E-state index contributed by atoms with van der Waals surface area (Å²) in [6.45, 7) is 5.62. The van der Waals surface area contributed by atoms with E-state index in [0.717, 1.165) is 30.5 Å². The van der Waals surface area contributed by atoms with E-state index >= 15 is 0 Å². The van der Waals surface area contributed by atoms with E-state index < -0.39 is 0 Å². The topological polar surface area (TPSA) is 65.6 Å². The summed E-state index contributed by atoms with van der Waals surface area (Å²) in [6, 6.07) is 1.99. The molecule has 1 aromatic rings. The third-order valence-electron chi connectivity index (χ3n) is 4.82. The van der Waals surface area contributed by atoms with Gasteiger partial charge in [-0.3, -0.25) is 4.79 Å². The lowest BCUT2D eigenvalue weighted by Gasteiger charge is -2.40. The minimum Gasteiger partial charge on any atom is -0.393 e. The van der Waals surface area contributed by atoms with Crippen LogP contribution in [0.25, 0.3) is 0 Å². The summed E-state index contributed by atoms with van der Waals surface area (Å²) >= 11 is 0. The number of rotatable bonds is 2. The van der Waals surface area contributed by atoms with Crippen molar-refractivity contribution in [2.45, 2.75) is 45.3 Å². The normalized spacial score (nSPS) is 29.9. The van der Waals surface area contributed by atoms with Crippen LogP contribution in [0.3, 0.4) is 0 Å². The molecule has 3 rings (SSSR count). The van der Waals surface area contributed by atoms with Gasteiger partial charge in [0, 0.05) is 18.2 Å². The average molecular weight is 292 g/mol. The maximum absolute atomic E-state index is 12.9. The van der Waals surface area contributed by atoms with Gasteiger partial charge in [0.1, 0.15) is 5.69 Å². The second kappa shape index (κ2) is 5.81. The monoisotopic (exact) mass is 292 g/mol. The maximum Gasteiger partial charge on any atom is 0.270 e. The highest BCUT2D eigenvalue weighted by Crippen LogP contribution is 2.33. The SMILES string of the molecule is Cc1cc(C)c(C(=O)N2CCOC[C@@H]2[C@@H]2CCC[C@H]2O)[nH]1. The first-order valence-electron chi connectivity index (χ1n) is 7.81. The molecule has 2 aliphatic rings. The third kappa shape index (κ3) is 2.72. The van der Waals surface area contributed by atoms with Gasteiger partial charge >= 0.3 is 0 Å². The average Bonchev–Trinajstić information content (AvgIpc) is 3.03. The molecule has 21 heavy (non-hydrogen) atoms. The van der Waals surface area contributed by atoms with Crippen LogP contribution in [0.4, 0.5) is 0 Å². The number of carbonyl (C=O) groups excluding carboxylic acids is 1. The maximum atomic E-state index is 12.9. The molecule has 5 heteroatoms. The number of aliphatic hydroxyl groups excluding tert-OH is 1. The molecule has 1 aliphatic carbocycles. The number of aliphatic hydroxyl groups is 1. The molecule has 1 saturated heterocycles. The van der Waals surface area contributed by atoms with E-state index in [0.29, 0.717) is 25.5 Å². The van der Waals surface area contributed by atoms with E-state index in [1.165, 1.54) is 0 Å². The van der Waals surface area contributed by atoms with Gasteiger partial charge in [0.2, 0.25) is 0 Å². The van der Waals surface area contributed by atoms with Crippen molar-refractivity contribution >= 4 is 5.91 Å². The molecule has 1 aromatic heterocycles. The summed E-state index contributed by atoms with van der Waals surface area (Å²) in [4.78, 5) is 17.9. The predicted molar refractivity (Wildman–Crippen MR) is 79.3 cm³/mol. The van der Waals surface area contributed by atoms with Crippen LogP contribution in [-0.4, -0.2) is 52.8 Å². The third-order valence-corrected chi connectivity index (χ3v) is 4.82. The van der Waals surface area contributed by atoms with Gasteiger partial charge in [-0.15, -0.1) is 0 Å². The van der Waals surface area contributed by atoms with Crippen molar-refractivity contribution in [1.82, 2.24) is 9.88 Å². The molecule has 0 unspecified atom stereocenters. The van der Waals surface area contributed by atoms with E-state index in [-0.39, 0.29) is 24.0 Å². The Morgan fingerprint density at radius 2 is 2.24 bits per heavy atom. The van der Waals surface area contributed by atoms with Gasteiger partial charge in [-0.2, -0.15) is 0 Å². The van der Waals surface area contributed by atoms with Crippen LogP contribution >= 0.6 is 0 Å². The number of aryl methyl sites for hydroxylation is 2. The van der Waals surface area contributed by atoms with Crippen molar-refractivity contribution in [2.75, 3.05) is 19.8 Å². The Labute approximate surface area is 125 Å². The molecular weight excluding hydrogens is 268 g/mol. The molecule has 0 aromatic carbocycles. The van der Waals surface area contributed by atoms with Gasteiger partial charge in [-0.1, -0.05) is 6.42 Å². The number of aromatic amines is 1. The Hall–Kier alpha value is -1.33. The summed E-state index contributed by atoms with van der Waals surface area (Å²) < 4.78 is 5.58. The lowest BCUT2D eigenvalue weighted by Crippen LogP contribution is -2.53. The number of amides is 1. The van der Waals surface area contributed by atoms with Gasteiger partial charge in [0.25, 0.3) is 5.91 Å². The number of nitrogens with zero attached hydrogens (tertiary/aromatic N) is 1. The standard InChI is InChI=1S/C16H24N2O3/c1-10-8-11(2)17-15(10)16(20)18-6-7-21-9-13(18)12-4-3-5-14(12)19/h8,12-14,17,19H,3-7,9H2,1-2H3/t12-,13+,14+/m0/s1. The highest BCUT2D eigenvalue weighted by atomic mass is 16.5. The number of H-pyrrole nitrogens is 1. The van der Waals surface area contributed by atoms with Crippen LogP contribution in [-0.2, 0) is 4.74 Å². The van der Waals surface area contributed by atoms with E-state index in [2.05, 4.69) is 4.98 Å². The number of hydrogen-bond donors (Lipinski definition) is 2. The zero-order chi connectivity index (χ0) is 15.0. The molecule has 2 N–H and O–H groups in total. The van der Waals surface area contributed by atoms with Gasteiger partial charge in [-0.25, -0.2) is 0 Å². The molecule has 0 radical (unpaired) electrons. The number of aromatic nitrogens is 1. The minimum atomic E-state index is -0.307. The molecule has 2 heterocycles. The van der Waals surface area contributed by atoms with Gasteiger partial charge in [0.05, 0.1) is 25.4 Å². The summed E-state index contributed by atoms with van der Waals surface area (Å²) in [5, 5.41) is 10.2. The molecular formula is C16H24N2O3. The number of ether oxygens (including phenoxy) is 1. The smallest absolute Gasteiger partial charge is 0.270 e. The van der Waals surface area contributed by atoms with Crippen molar-refractivity contribution in [3.63, 3.8) is 0 Å². The number of carbonyl (C=O) groups is 1. The second-order valence-corrected chi connectivity index (χ2v) is 6.31. The second-order valence-electron chi connectivity index (χ2n) is 6.31. The highest BCUT2D eigenvalue weighted by Gasteiger charge is 2.40. The first-order chi connectivity index (χ1) is 10.1. The largest absolute Gasteiger partial charge is 0.393 e. The Bertz CT molecular complexity index is 526. The fraction of sp³-hybridized carbons (Fsp3) is 0.688. The van der Waals surface area contributed by atoms with E-state index in [4.69, 9.17) is 4.74 Å². The predicted octanol–water partition coefficient (Wildman–Crippen LogP) is 1.63. The molecule has 1 saturated carbocycles. The molecule has 3 atom stereocenters. The molecule has 116 valence electrons. The van der Waals surface area contributed by atoms with Crippen LogP contribution in [0.1, 0.15) is 41.0 Å². The van der Waals surface area contributed by atoms with Crippen LogP contribution < -0.4 is 0 Å². The fourth-order valence-electron chi connectivity index (χ4n) is 3.74.